The van der Waals surface area contributed by atoms with E-state index in [9.17, 15) is 9.59 Å². The Bertz CT molecular complexity index is 345. The molecular weight excluding hydrogens is 242 g/mol. The summed E-state index contributed by atoms with van der Waals surface area (Å²) in [5, 5.41) is 0. The second-order valence-electron chi connectivity index (χ2n) is 4.85. The summed E-state index contributed by atoms with van der Waals surface area (Å²) in [6.07, 6.45) is 5.13. The van der Waals surface area contributed by atoms with Gasteiger partial charge in [-0.3, -0.25) is 14.5 Å². The largest absolute Gasteiger partial charge is 0.369 e. The van der Waals surface area contributed by atoms with E-state index in [-0.39, 0.29) is 17.7 Å². The average Bonchev–Trinajstić information content (AvgIpc) is 2.38. The first-order chi connectivity index (χ1) is 9.08. The van der Waals surface area contributed by atoms with Gasteiger partial charge in [-0.15, -0.1) is 13.2 Å². The molecule has 0 saturated carbocycles. The number of amides is 2. The normalized spacial score (nSPS) is 19.7. The first kappa shape index (κ1) is 15.4. The highest BCUT2D eigenvalue weighted by Crippen LogP contribution is 2.15. The molecule has 0 aliphatic carbocycles. The number of likely N-dealkylation sites (tertiary alicyclic amines) is 1. The summed E-state index contributed by atoms with van der Waals surface area (Å²) in [5.41, 5.74) is 5.33. The third kappa shape index (κ3) is 4.87. The van der Waals surface area contributed by atoms with E-state index in [1.165, 1.54) is 0 Å². The zero-order chi connectivity index (χ0) is 14.3. The molecule has 1 heterocycles. The summed E-state index contributed by atoms with van der Waals surface area (Å²) in [5.74, 6) is -0.370. The maximum atomic E-state index is 12.1. The van der Waals surface area contributed by atoms with Crippen molar-refractivity contribution in [3.63, 3.8) is 0 Å². The summed E-state index contributed by atoms with van der Waals surface area (Å²) in [7, 11) is 0. The van der Waals surface area contributed by atoms with Gasteiger partial charge in [0.05, 0.1) is 12.5 Å². The zero-order valence-corrected chi connectivity index (χ0v) is 11.4. The molecule has 0 radical (unpaired) electrons. The smallest absolute Gasteiger partial charge is 0.237 e. The molecule has 2 N–H and O–H groups in total. The number of primary amides is 1. The lowest BCUT2D eigenvalue weighted by atomic mass is 9.97. The molecule has 1 unspecified atom stereocenters. The predicted octanol–water partition coefficient (Wildman–Crippen LogP) is 0.384. The van der Waals surface area contributed by atoms with E-state index < -0.39 is 0 Å². The number of hydrogen-bond donors (Lipinski definition) is 1. The molecule has 0 aromatic rings. The maximum absolute atomic E-state index is 12.1. The second-order valence-corrected chi connectivity index (χ2v) is 4.85. The molecule has 19 heavy (non-hydrogen) atoms. The lowest BCUT2D eigenvalue weighted by Gasteiger charge is -2.32. The Morgan fingerprint density at radius 1 is 1.32 bits per heavy atom. The summed E-state index contributed by atoms with van der Waals surface area (Å²) in [6.45, 7) is 10.1. The Labute approximate surface area is 114 Å². The van der Waals surface area contributed by atoms with Crippen molar-refractivity contribution in [1.82, 2.24) is 9.80 Å². The van der Waals surface area contributed by atoms with Crippen molar-refractivity contribution in [2.45, 2.75) is 12.8 Å². The minimum atomic E-state index is -0.272. The molecule has 0 spiro atoms. The van der Waals surface area contributed by atoms with Gasteiger partial charge in [0.2, 0.25) is 11.8 Å². The Morgan fingerprint density at radius 2 is 1.95 bits per heavy atom. The minimum absolute atomic E-state index is 0.0323. The van der Waals surface area contributed by atoms with Crippen LogP contribution in [0.2, 0.25) is 0 Å². The van der Waals surface area contributed by atoms with Crippen LogP contribution < -0.4 is 5.73 Å². The van der Waals surface area contributed by atoms with Crippen LogP contribution in [-0.2, 0) is 9.59 Å². The SMILES string of the molecule is C=CCN(CC=C)C(=O)CN1CCCC(C(N)=O)C1. The van der Waals surface area contributed by atoms with Gasteiger partial charge in [-0.1, -0.05) is 12.2 Å². The molecule has 1 fully saturated rings. The van der Waals surface area contributed by atoms with Crippen LogP contribution in [0.4, 0.5) is 0 Å². The number of nitrogens with two attached hydrogens (primary N) is 1. The number of hydrogen-bond acceptors (Lipinski definition) is 3. The molecule has 5 heteroatoms. The fraction of sp³-hybridized carbons (Fsp3) is 0.571. The van der Waals surface area contributed by atoms with Crippen LogP contribution in [0.3, 0.4) is 0 Å². The number of rotatable bonds is 7. The highest BCUT2D eigenvalue weighted by Gasteiger charge is 2.26. The fourth-order valence-corrected chi connectivity index (χ4v) is 2.31. The molecule has 0 aromatic carbocycles. The number of carbonyl (C=O) groups is 2. The maximum Gasteiger partial charge on any atom is 0.237 e. The Kier molecular flexibility index (Phi) is 6.29. The summed E-state index contributed by atoms with van der Waals surface area (Å²) in [4.78, 5) is 27.0. The van der Waals surface area contributed by atoms with E-state index in [0.29, 0.717) is 26.2 Å². The van der Waals surface area contributed by atoms with Crippen molar-refractivity contribution in [3.05, 3.63) is 25.3 Å². The summed E-state index contributed by atoms with van der Waals surface area (Å²) >= 11 is 0. The van der Waals surface area contributed by atoms with E-state index in [4.69, 9.17) is 5.73 Å². The van der Waals surface area contributed by atoms with Gasteiger partial charge in [-0.05, 0) is 19.4 Å². The van der Waals surface area contributed by atoms with Crippen LogP contribution in [-0.4, -0.2) is 54.3 Å². The Morgan fingerprint density at radius 3 is 2.47 bits per heavy atom. The topological polar surface area (TPSA) is 66.6 Å². The third-order valence-electron chi connectivity index (χ3n) is 3.32. The summed E-state index contributed by atoms with van der Waals surface area (Å²) < 4.78 is 0. The quantitative estimate of drug-likeness (QED) is 0.677. The molecule has 2 amide bonds. The van der Waals surface area contributed by atoms with E-state index >= 15 is 0 Å². The molecule has 5 nitrogen and oxygen atoms in total. The summed E-state index contributed by atoms with van der Waals surface area (Å²) in [6, 6.07) is 0. The van der Waals surface area contributed by atoms with Crippen molar-refractivity contribution >= 4 is 11.8 Å². The van der Waals surface area contributed by atoms with Gasteiger partial charge in [-0.2, -0.15) is 0 Å². The van der Waals surface area contributed by atoms with E-state index in [1.807, 2.05) is 4.90 Å². The monoisotopic (exact) mass is 265 g/mol. The highest BCUT2D eigenvalue weighted by molar-refractivity contribution is 5.79. The molecule has 1 saturated heterocycles. The van der Waals surface area contributed by atoms with Gasteiger partial charge < -0.3 is 10.6 Å². The lowest BCUT2D eigenvalue weighted by Crippen LogP contribution is -2.46. The van der Waals surface area contributed by atoms with Crippen LogP contribution in [0.1, 0.15) is 12.8 Å². The van der Waals surface area contributed by atoms with E-state index in [2.05, 4.69) is 13.2 Å². The molecular formula is C14H23N3O2. The molecule has 1 aliphatic heterocycles. The number of carbonyl (C=O) groups excluding carboxylic acids is 2. The van der Waals surface area contributed by atoms with Gasteiger partial charge in [0.1, 0.15) is 0 Å². The van der Waals surface area contributed by atoms with Crippen LogP contribution in [0.25, 0.3) is 0 Å². The average molecular weight is 265 g/mol. The van der Waals surface area contributed by atoms with Crippen LogP contribution in [0, 0.1) is 5.92 Å². The molecule has 1 aliphatic rings. The first-order valence-corrected chi connectivity index (χ1v) is 6.59. The molecule has 0 aromatic heterocycles. The molecule has 1 atom stereocenters. The van der Waals surface area contributed by atoms with Crippen LogP contribution >= 0.6 is 0 Å². The van der Waals surface area contributed by atoms with E-state index in [1.54, 1.807) is 17.1 Å². The number of piperidine rings is 1. The van der Waals surface area contributed by atoms with Crippen LogP contribution in [0.15, 0.2) is 25.3 Å². The van der Waals surface area contributed by atoms with E-state index in [0.717, 1.165) is 19.4 Å². The molecule has 106 valence electrons. The van der Waals surface area contributed by atoms with Crippen LogP contribution in [0.5, 0.6) is 0 Å². The van der Waals surface area contributed by atoms with Crippen molar-refractivity contribution < 1.29 is 9.59 Å². The highest BCUT2D eigenvalue weighted by atomic mass is 16.2. The van der Waals surface area contributed by atoms with Crippen molar-refractivity contribution in [2.75, 3.05) is 32.7 Å². The fourth-order valence-electron chi connectivity index (χ4n) is 2.31. The van der Waals surface area contributed by atoms with Gasteiger partial charge in [0, 0.05) is 19.6 Å². The Hall–Kier alpha value is -1.62. The van der Waals surface area contributed by atoms with Crippen molar-refractivity contribution in [1.29, 1.82) is 0 Å². The predicted molar refractivity (Wildman–Crippen MR) is 75.3 cm³/mol. The second kappa shape index (κ2) is 7.74. The van der Waals surface area contributed by atoms with Crippen molar-refractivity contribution in [3.8, 4) is 0 Å². The van der Waals surface area contributed by atoms with Gasteiger partial charge in [-0.25, -0.2) is 0 Å². The number of nitrogens with zero attached hydrogens (tertiary/aromatic N) is 2. The zero-order valence-electron chi connectivity index (χ0n) is 11.4. The van der Waals surface area contributed by atoms with Gasteiger partial charge in [0.15, 0.2) is 0 Å². The Balaban J connectivity index is 2.52. The van der Waals surface area contributed by atoms with Gasteiger partial charge in [0.25, 0.3) is 0 Å². The lowest BCUT2D eigenvalue weighted by molar-refractivity contribution is -0.133. The first-order valence-electron chi connectivity index (χ1n) is 6.59. The standard InChI is InChI=1S/C14H23N3O2/c1-3-7-17(8-4-2)13(18)11-16-9-5-6-12(10-16)14(15)19/h3-4,12H,1-2,5-11H2,(H2,15,19). The van der Waals surface area contributed by atoms with Gasteiger partial charge >= 0.3 is 0 Å². The molecule has 0 bridgehead atoms. The third-order valence-corrected chi connectivity index (χ3v) is 3.32. The van der Waals surface area contributed by atoms with Crippen molar-refractivity contribution in [2.24, 2.45) is 11.7 Å². The molecule has 1 rings (SSSR count). The minimum Gasteiger partial charge on any atom is -0.369 e.